The summed E-state index contributed by atoms with van der Waals surface area (Å²) in [5.74, 6) is 22.1. The van der Waals surface area contributed by atoms with Gasteiger partial charge >= 0.3 is 0 Å². The van der Waals surface area contributed by atoms with Gasteiger partial charge in [-0.25, -0.2) is 0 Å². The number of hydrogen-bond donors (Lipinski definition) is 0. The van der Waals surface area contributed by atoms with Crippen molar-refractivity contribution >= 4 is 11.4 Å². The third-order valence-electron chi connectivity index (χ3n) is 13.2. The highest BCUT2D eigenvalue weighted by molar-refractivity contribution is 6.14. The SMILES string of the molecule is CC(C)(C)C1=CC(c2ccc3c(c2)C#Cc2ccc(-c4cc(C(C)(C)C)c([O])c(C(C)(C)C)c4)cc2C#Cc2ccc(-c4cc(C(C)(C)C)c([O-])c(C(C)(C)C)c4)cc2C#C3)=C[C+](C(C)(C)C)C1=O. The molecule has 0 fully saturated rings. The molecule has 0 amide bonds. The van der Waals surface area contributed by atoms with Crippen LogP contribution in [0.3, 0.4) is 0 Å². The predicted molar refractivity (Wildman–Crippen MR) is 286 cm³/mol. The lowest BCUT2D eigenvalue weighted by Crippen LogP contribution is -2.32. The first-order chi connectivity index (χ1) is 31.7. The highest BCUT2D eigenvalue weighted by Crippen LogP contribution is 2.45. The minimum Gasteiger partial charge on any atom is -0.872 e. The molecule has 0 aliphatic heterocycles. The van der Waals surface area contributed by atoms with Crippen LogP contribution in [0.15, 0.2) is 96.6 Å². The third-order valence-corrected chi connectivity index (χ3v) is 13.2. The number of rotatable bonds is 3. The lowest BCUT2D eigenvalue weighted by molar-refractivity contribution is -0.271. The Morgan fingerprint density at radius 3 is 1.09 bits per heavy atom. The van der Waals surface area contributed by atoms with E-state index in [2.05, 4.69) is 197 Å². The molecule has 0 aromatic heterocycles. The van der Waals surface area contributed by atoms with Gasteiger partial charge in [-0.3, -0.25) is 9.90 Å². The van der Waals surface area contributed by atoms with E-state index in [4.69, 9.17) is 0 Å². The van der Waals surface area contributed by atoms with Crippen LogP contribution < -0.4 is 5.11 Å². The Labute approximate surface area is 414 Å². The van der Waals surface area contributed by atoms with Crippen LogP contribution in [-0.4, -0.2) is 5.78 Å². The lowest BCUT2D eigenvalue weighted by Gasteiger charge is -2.34. The van der Waals surface area contributed by atoms with E-state index in [0.717, 1.165) is 101 Å². The van der Waals surface area contributed by atoms with Crippen LogP contribution in [0, 0.1) is 52.3 Å². The Hall–Kier alpha value is -6.60. The number of fused-ring (bicyclic) bond motifs is 3. The molecule has 0 bridgehead atoms. The average molecular weight is 910 g/mol. The molecule has 0 unspecified atom stereocenters. The van der Waals surface area contributed by atoms with Gasteiger partial charge in [0.05, 0.1) is 17.7 Å². The van der Waals surface area contributed by atoms with Gasteiger partial charge in [0.2, 0.25) is 0 Å². The second kappa shape index (κ2) is 17.4. The molecular weight excluding hydrogens is 841 g/mol. The first-order valence-corrected chi connectivity index (χ1v) is 24.3. The maximum absolute atomic E-state index is 13.9. The molecule has 0 spiro atoms. The van der Waals surface area contributed by atoms with E-state index in [9.17, 15) is 15.0 Å². The molecule has 0 saturated carbocycles. The minimum absolute atomic E-state index is 0.0901. The van der Waals surface area contributed by atoms with Gasteiger partial charge in [0.1, 0.15) is 11.5 Å². The number of carbonyl (C=O) groups excluding carboxylic acids is 1. The van der Waals surface area contributed by atoms with Crippen molar-refractivity contribution in [3.05, 3.63) is 164 Å². The van der Waals surface area contributed by atoms with Gasteiger partial charge in [-0.2, -0.15) is 0 Å². The summed E-state index contributed by atoms with van der Waals surface area (Å²) >= 11 is 0. The highest BCUT2D eigenvalue weighted by Gasteiger charge is 2.45. The van der Waals surface area contributed by atoms with E-state index in [-0.39, 0.29) is 49.8 Å². The summed E-state index contributed by atoms with van der Waals surface area (Å²) in [7, 11) is 0. The quantitative estimate of drug-likeness (QED) is 0.131. The minimum atomic E-state index is -0.357. The fourth-order valence-electron chi connectivity index (χ4n) is 8.94. The molecule has 2 aliphatic carbocycles. The molecule has 5 aromatic carbocycles. The monoisotopic (exact) mass is 910 g/mol. The Balaban J connectivity index is 1.49. The van der Waals surface area contributed by atoms with Gasteiger partial charge in [0.25, 0.3) is 5.78 Å². The van der Waals surface area contributed by atoms with Gasteiger partial charge in [-0.15, -0.1) is 5.75 Å². The van der Waals surface area contributed by atoms with Crippen molar-refractivity contribution in [3.8, 4) is 69.3 Å². The van der Waals surface area contributed by atoms with Gasteiger partial charge < -0.3 is 5.11 Å². The third kappa shape index (κ3) is 10.5. The molecule has 7 rings (SSSR count). The van der Waals surface area contributed by atoms with Crippen molar-refractivity contribution in [3.63, 3.8) is 0 Å². The second-order valence-electron chi connectivity index (χ2n) is 25.2. The van der Waals surface area contributed by atoms with Crippen molar-refractivity contribution in [1.82, 2.24) is 0 Å². The molecule has 0 atom stereocenters. The molecule has 69 heavy (non-hydrogen) atoms. The summed E-state index contributed by atoms with van der Waals surface area (Å²) in [6, 6.07) is 26.8. The summed E-state index contributed by atoms with van der Waals surface area (Å²) in [5.41, 5.74) is 12.1. The number of Topliss-reactive ketones (excluding diaryl/α,β-unsaturated/α-hetero) is 1. The second-order valence-corrected chi connectivity index (χ2v) is 25.2. The van der Waals surface area contributed by atoms with Crippen molar-refractivity contribution in [2.75, 3.05) is 0 Å². The summed E-state index contributed by atoms with van der Waals surface area (Å²) < 4.78 is 0. The summed E-state index contributed by atoms with van der Waals surface area (Å²) in [6.45, 7) is 37.6. The Morgan fingerprint density at radius 2 is 0.739 bits per heavy atom. The van der Waals surface area contributed by atoms with Crippen LogP contribution in [0.5, 0.6) is 11.5 Å². The normalized spacial score (nSPS) is 14.2. The number of carbonyl (C=O) groups is 1. The van der Waals surface area contributed by atoms with E-state index in [1.165, 1.54) is 0 Å². The first kappa shape index (κ1) is 50.3. The Bertz CT molecular complexity index is 3030. The van der Waals surface area contributed by atoms with Crippen LogP contribution in [0.25, 0.3) is 27.8 Å². The zero-order chi connectivity index (χ0) is 51.0. The van der Waals surface area contributed by atoms with Crippen molar-refractivity contribution < 1.29 is 15.0 Å². The molecule has 0 N–H and O–H groups in total. The summed E-state index contributed by atoms with van der Waals surface area (Å²) in [6.07, 6.45) is 4.09. The van der Waals surface area contributed by atoms with E-state index >= 15 is 0 Å². The molecule has 3 nitrogen and oxygen atoms in total. The fraction of sp³-hybridized carbons (Fsp3) is 0.364. The molecule has 1 radical (unpaired) electrons. The maximum atomic E-state index is 13.9. The molecule has 5 aromatic rings. The van der Waals surface area contributed by atoms with Crippen LogP contribution in [0.1, 0.15) is 186 Å². The van der Waals surface area contributed by atoms with Gasteiger partial charge in [0.15, 0.2) is 5.75 Å². The molecule has 3 heteroatoms. The average Bonchev–Trinajstić information content (AvgIpc) is 3.22. The smallest absolute Gasteiger partial charge is 0.291 e. The zero-order valence-electron chi connectivity index (χ0n) is 44.4. The van der Waals surface area contributed by atoms with E-state index in [0.29, 0.717) is 0 Å². The number of allylic oxidation sites excluding steroid dienone is 4. The number of hydrogen-bond acceptors (Lipinski definition) is 2. The molecule has 0 heterocycles. The van der Waals surface area contributed by atoms with Crippen LogP contribution >= 0.6 is 0 Å². The van der Waals surface area contributed by atoms with Gasteiger partial charge in [0, 0.05) is 60.9 Å². The predicted octanol–water partition coefficient (Wildman–Crippen LogP) is 15.5. The maximum Gasteiger partial charge on any atom is 0.291 e. The Kier molecular flexibility index (Phi) is 12.7. The van der Waals surface area contributed by atoms with Gasteiger partial charge in [-0.05, 0) is 151 Å². The van der Waals surface area contributed by atoms with E-state index in [1.54, 1.807) is 0 Å². The number of benzene rings is 5. The number of ketones is 1. The Morgan fingerprint density at radius 1 is 0.406 bits per heavy atom. The highest BCUT2D eigenvalue weighted by atomic mass is 16.3. The van der Waals surface area contributed by atoms with Crippen molar-refractivity contribution in [2.24, 2.45) is 10.8 Å². The topological polar surface area (TPSA) is 60.0 Å². The summed E-state index contributed by atoms with van der Waals surface area (Å²) in [4.78, 5) is 13.9. The molecule has 0 saturated heterocycles. The molecule has 351 valence electrons. The lowest BCUT2D eigenvalue weighted by atomic mass is 9.68. The van der Waals surface area contributed by atoms with Crippen LogP contribution in [-0.2, 0) is 31.6 Å². The largest absolute Gasteiger partial charge is 0.872 e. The van der Waals surface area contributed by atoms with Crippen LogP contribution in [0.2, 0.25) is 0 Å². The van der Waals surface area contributed by atoms with E-state index < -0.39 is 0 Å². The standard InChI is InChI=1S/C66H69O3/c1-61(2,3)52-34-49(35-53(58(52)67)62(4,5)6)46-28-22-40-20-26-44-32-48(51-38-56(65(13,14)15)60(69)57(39-51)66(16,17)18)30-24-42(44)21-27-45-33-47(29-23-41(45)19-25-43(40)31-46)50-36-54(63(7,8)9)59(68)55(37-50)64(10,11)12/h22-24,28-39H,1-18H3. The van der Waals surface area contributed by atoms with Gasteiger partial charge in [-0.1, -0.05) is 143 Å². The fourth-order valence-corrected chi connectivity index (χ4v) is 8.94. The molecule has 2 aliphatic rings. The summed E-state index contributed by atoms with van der Waals surface area (Å²) in [5, 5.41) is 27.9. The van der Waals surface area contributed by atoms with Crippen LogP contribution in [0.4, 0.5) is 0 Å². The first-order valence-electron chi connectivity index (χ1n) is 24.3. The zero-order valence-corrected chi connectivity index (χ0v) is 44.4. The van der Waals surface area contributed by atoms with Crippen molar-refractivity contribution in [1.29, 1.82) is 0 Å². The molecular formula is C66H69O3. The van der Waals surface area contributed by atoms with Crippen molar-refractivity contribution in [2.45, 2.75) is 146 Å². The van der Waals surface area contributed by atoms with E-state index in [1.807, 2.05) is 54.6 Å².